The molecule has 4 nitrogen and oxygen atoms in total. The Kier molecular flexibility index (Phi) is 4.68. The fourth-order valence-corrected chi connectivity index (χ4v) is 1.89. The average molecular weight is 286 g/mol. The summed E-state index contributed by atoms with van der Waals surface area (Å²) in [5.41, 5.74) is 2.09. The molecular weight excluding hydrogens is 272 g/mol. The molecule has 0 bridgehead atoms. The van der Waals surface area contributed by atoms with Crippen LogP contribution in [0.15, 0.2) is 54.6 Å². The van der Waals surface area contributed by atoms with Crippen LogP contribution in [0.2, 0.25) is 0 Å². The van der Waals surface area contributed by atoms with Gasteiger partial charge in [0.05, 0.1) is 12.7 Å². The molecule has 0 spiro atoms. The summed E-state index contributed by atoms with van der Waals surface area (Å²) in [6.07, 6.45) is 0. The van der Waals surface area contributed by atoms with Gasteiger partial charge in [0.25, 0.3) is 0 Å². The Labute approximate surface area is 122 Å². The summed E-state index contributed by atoms with van der Waals surface area (Å²) < 4.78 is 4.68. The lowest BCUT2D eigenvalue weighted by Gasteiger charge is -2.11. The van der Waals surface area contributed by atoms with Crippen LogP contribution in [-0.4, -0.2) is 18.2 Å². The normalized spacial score (nSPS) is 9.65. The average Bonchev–Trinajstić information content (AvgIpc) is 2.47. The highest BCUT2D eigenvalue weighted by molar-refractivity contribution is 7.80. The summed E-state index contributed by atoms with van der Waals surface area (Å²) in [5, 5.41) is 6.54. The number of carbonyl (C=O) groups excluding carboxylic acids is 1. The topological polar surface area (TPSA) is 50.4 Å². The minimum Gasteiger partial charge on any atom is -0.465 e. The van der Waals surface area contributed by atoms with E-state index in [-0.39, 0.29) is 5.97 Å². The molecule has 2 N–H and O–H groups in total. The van der Waals surface area contributed by atoms with Crippen LogP contribution in [0.1, 0.15) is 10.4 Å². The van der Waals surface area contributed by atoms with E-state index < -0.39 is 0 Å². The van der Waals surface area contributed by atoms with Gasteiger partial charge in [0.1, 0.15) is 0 Å². The van der Waals surface area contributed by atoms with Crippen LogP contribution < -0.4 is 10.6 Å². The van der Waals surface area contributed by atoms with Crippen molar-refractivity contribution < 1.29 is 9.53 Å². The molecule has 2 aromatic carbocycles. The van der Waals surface area contributed by atoms with E-state index >= 15 is 0 Å². The Morgan fingerprint density at radius 3 is 2.35 bits per heavy atom. The van der Waals surface area contributed by atoms with E-state index in [1.807, 2.05) is 36.4 Å². The van der Waals surface area contributed by atoms with Gasteiger partial charge in [-0.2, -0.15) is 0 Å². The highest BCUT2D eigenvalue weighted by atomic mass is 32.1. The number of hydrogen-bond acceptors (Lipinski definition) is 3. The van der Waals surface area contributed by atoms with Gasteiger partial charge in [-0.1, -0.05) is 24.3 Å². The van der Waals surface area contributed by atoms with Gasteiger partial charge in [0.15, 0.2) is 5.11 Å². The van der Waals surface area contributed by atoms with E-state index in [9.17, 15) is 4.79 Å². The number of methoxy groups -OCH3 is 1. The van der Waals surface area contributed by atoms with E-state index in [1.54, 1.807) is 18.2 Å². The summed E-state index contributed by atoms with van der Waals surface area (Å²) >= 11 is 5.22. The predicted molar refractivity (Wildman–Crippen MR) is 84.1 cm³/mol. The minimum atomic E-state index is -0.379. The molecule has 102 valence electrons. The monoisotopic (exact) mass is 286 g/mol. The Bertz CT molecular complexity index is 614. The number of nitrogens with one attached hydrogen (secondary N) is 2. The zero-order valence-electron chi connectivity index (χ0n) is 10.9. The van der Waals surface area contributed by atoms with Crippen LogP contribution in [0, 0.1) is 0 Å². The number of ether oxygens (including phenoxy) is 1. The molecule has 0 aliphatic rings. The molecule has 0 heterocycles. The molecule has 0 fully saturated rings. The van der Waals surface area contributed by atoms with Crippen molar-refractivity contribution in [3.05, 3.63) is 60.2 Å². The predicted octanol–water partition coefficient (Wildman–Crippen LogP) is 3.28. The number of carbonyl (C=O) groups is 1. The van der Waals surface area contributed by atoms with Crippen molar-refractivity contribution in [1.29, 1.82) is 0 Å². The fraction of sp³-hybridized carbons (Fsp3) is 0.0667. The molecule has 0 aromatic heterocycles. The molecule has 2 rings (SSSR count). The lowest BCUT2D eigenvalue weighted by atomic mass is 10.2. The molecule has 0 saturated carbocycles. The van der Waals surface area contributed by atoms with Crippen LogP contribution in [0.25, 0.3) is 0 Å². The zero-order valence-corrected chi connectivity index (χ0v) is 11.7. The van der Waals surface area contributed by atoms with E-state index in [0.717, 1.165) is 11.4 Å². The van der Waals surface area contributed by atoms with Crippen molar-refractivity contribution >= 4 is 34.7 Å². The molecular formula is C15H14N2O2S. The first-order valence-electron chi connectivity index (χ1n) is 6.00. The number of rotatable bonds is 3. The SMILES string of the molecule is COC(=O)c1cccc(NC(=S)Nc2ccccc2)c1. The second-order valence-electron chi connectivity index (χ2n) is 4.02. The molecule has 5 heteroatoms. The molecule has 0 saturated heterocycles. The van der Waals surface area contributed by atoms with Crippen molar-refractivity contribution in [2.75, 3.05) is 17.7 Å². The van der Waals surface area contributed by atoms with Gasteiger partial charge < -0.3 is 15.4 Å². The number of hydrogen-bond donors (Lipinski definition) is 2. The van der Waals surface area contributed by atoms with Crippen LogP contribution in [0.4, 0.5) is 11.4 Å². The molecule has 0 aliphatic carbocycles. The van der Waals surface area contributed by atoms with E-state index in [1.165, 1.54) is 7.11 Å². The maximum Gasteiger partial charge on any atom is 0.337 e. The molecule has 0 radical (unpaired) electrons. The first-order valence-corrected chi connectivity index (χ1v) is 6.41. The fourth-order valence-electron chi connectivity index (χ4n) is 1.66. The van der Waals surface area contributed by atoms with Crippen molar-refractivity contribution in [2.45, 2.75) is 0 Å². The summed E-state index contributed by atoms with van der Waals surface area (Å²) in [5.74, 6) is -0.379. The first kappa shape index (κ1) is 14.0. The van der Waals surface area contributed by atoms with Crippen LogP contribution in [-0.2, 0) is 4.74 Å². The summed E-state index contributed by atoms with van der Waals surface area (Å²) in [4.78, 5) is 11.4. The van der Waals surface area contributed by atoms with Crippen LogP contribution in [0.5, 0.6) is 0 Å². The quantitative estimate of drug-likeness (QED) is 0.670. The maximum absolute atomic E-state index is 11.4. The second-order valence-corrected chi connectivity index (χ2v) is 4.43. The molecule has 0 aliphatic heterocycles. The zero-order chi connectivity index (χ0) is 14.4. The first-order chi connectivity index (χ1) is 9.69. The van der Waals surface area contributed by atoms with Gasteiger partial charge in [-0.15, -0.1) is 0 Å². The van der Waals surface area contributed by atoms with E-state index in [2.05, 4.69) is 15.4 Å². The Hall–Kier alpha value is -2.40. The molecule has 0 amide bonds. The highest BCUT2D eigenvalue weighted by Gasteiger charge is 2.06. The van der Waals surface area contributed by atoms with Gasteiger partial charge in [-0.25, -0.2) is 4.79 Å². The maximum atomic E-state index is 11.4. The van der Waals surface area contributed by atoms with Crippen molar-refractivity contribution in [3.8, 4) is 0 Å². The minimum absolute atomic E-state index is 0.379. The number of esters is 1. The lowest BCUT2D eigenvalue weighted by molar-refractivity contribution is 0.0601. The molecule has 0 unspecified atom stereocenters. The number of benzene rings is 2. The van der Waals surface area contributed by atoms with Crippen molar-refractivity contribution in [1.82, 2.24) is 0 Å². The van der Waals surface area contributed by atoms with Crippen LogP contribution >= 0.6 is 12.2 Å². The van der Waals surface area contributed by atoms with Crippen LogP contribution in [0.3, 0.4) is 0 Å². The Balaban J connectivity index is 2.03. The lowest BCUT2D eigenvalue weighted by Crippen LogP contribution is -2.19. The van der Waals surface area contributed by atoms with Crippen molar-refractivity contribution in [3.63, 3.8) is 0 Å². The standard InChI is InChI=1S/C15H14N2O2S/c1-19-14(18)11-6-5-9-13(10-11)17-15(20)16-12-7-3-2-4-8-12/h2-10H,1H3,(H2,16,17,20). The third-order valence-corrected chi connectivity index (χ3v) is 2.78. The van der Waals surface area contributed by atoms with E-state index in [0.29, 0.717) is 10.7 Å². The molecule has 0 atom stereocenters. The summed E-state index contributed by atoms with van der Waals surface area (Å²) in [6.45, 7) is 0. The van der Waals surface area contributed by atoms with E-state index in [4.69, 9.17) is 12.2 Å². The van der Waals surface area contributed by atoms with Gasteiger partial charge in [0, 0.05) is 11.4 Å². The van der Waals surface area contributed by atoms with Gasteiger partial charge in [-0.3, -0.25) is 0 Å². The third kappa shape index (κ3) is 3.80. The second kappa shape index (κ2) is 6.68. The van der Waals surface area contributed by atoms with Gasteiger partial charge in [0.2, 0.25) is 0 Å². The van der Waals surface area contributed by atoms with Gasteiger partial charge in [-0.05, 0) is 42.5 Å². The van der Waals surface area contributed by atoms with Crippen molar-refractivity contribution in [2.24, 2.45) is 0 Å². The Morgan fingerprint density at radius 2 is 1.65 bits per heavy atom. The highest BCUT2D eigenvalue weighted by Crippen LogP contribution is 2.13. The molecule has 2 aromatic rings. The summed E-state index contributed by atoms with van der Waals surface area (Å²) in [7, 11) is 1.35. The third-order valence-electron chi connectivity index (χ3n) is 2.57. The Morgan fingerprint density at radius 1 is 1.00 bits per heavy atom. The smallest absolute Gasteiger partial charge is 0.337 e. The summed E-state index contributed by atoms with van der Waals surface area (Å²) in [6, 6.07) is 16.6. The van der Waals surface area contributed by atoms with Gasteiger partial charge >= 0.3 is 5.97 Å². The number of anilines is 2. The molecule has 20 heavy (non-hydrogen) atoms. The number of para-hydroxylation sites is 1. The number of thiocarbonyl (C=S) groups is 1. The largest absolute Gasteiger partial charge is 0.465 e.